The van der Waals surface area contributed by atoms with Crippen LogP contribution in [0.25, 0.3) is 0 Å². The number of hydrogen-bond donors (Lipinski definition) is 1. The number of benzene rings is 2. The molecule has 2 rings (SSSR count). The van der Waals surface area contributed by atoms with E-state index in [1.807, 2.05) is 45.0 Å². The molecule has 0 aliphatic carbocycles. The molecule has 0 spiro atoms. The fraction of sp³-hybridized carbons (Fsp3) is 0.440. The molecule has 9 heteroatoms. The molecule has 0 radical (unpaired) electrons. The summed E-state index contributed by atoms with van der Waals surface area (Å²) in [5, 5.41) is 2.83. The number of aryl methyl sites for hydroxylation is 2. The molecular weight excluding hydrogens is 454 g/mol. The highest BCUT2D eigenvalue weighted by atomic mass is 32.2. The van der Waals surface area contributed by atoms with Gasteiger partial charge >= 0.3 is 0 Å². The first-order valence-electron chi connectivity index (χ1n) is 11.1. The van der Waals surface area contributed by atoms with E-state index in [-0.39, 0.29) is 18.5 Å². The van der Waals surface area contributed by atoms with Crippen LogP contribution in [0, 0.1) is 13.8 Å². The number of anilines is 1. The standard InChI is InChI=1S/C25H35N3O5S/c1-17(2)26-25(30)20(5)27(15-21-10-12-22(33-6)13-11-21)24(29)16-28(34(7,31)32)23-14-18(3)8-9-19(23)4/h8-14,17,20H,15-16H2,1-7H3,(H,26,30)/t20-/m1/s1. The van der Waals surface area contributed by atoms with Gasteiger partial charge in [0.1, 0.15) is 18.3 Å². The predicted octanol–water partition coefficient (Wildman–Crippen LogP) is 3.02. The van der Waals surface area contributed by atoms with Crippen molar-refractivity contribution in [1.82, 2.24) is 10.2 Å². The number of nitrogens with one attached hydrogen (secondary N) is 1. The lowest BCUT2D eigenvalue weighted by Crippen LogP contribution is -2.52. The number of rotatable bonds is 10. The van der Waals surface area contributed by atoms with Crippen molar-refractivity contribution < 1.29 is 22.7 Å². The van der Waals surface area contributed by atoms with Gasteiger partial charge in [-0.25, -0.2) is 8.42 Å². The van der Waals surface area contributed by atoms with Crippen molar-refractivity contribution in [2.24, 2.45) is 0 Å². The number of nitrogens with zero attached hydrogens (tertiary/aromatic N) is 2. The fourth-order valence-corrected chi connectivity index (χ4v) is 4.40. The first kappa shape index (κ1) is 27.2. The van der Waals surface area contributed by atoms with Gasteiger partial charge in [0.15, 0.2) is 0 Å². The van der Waals surface area contributed by atoms with E-state index in [4.69, 9.17) is 4.74 Å². The van der Waals surface area contributed by atoms with Crippen molar-refractivity contribution in [2.75, 3.05) is 24.2 Å². The Labute approximate surface area is 202 Å². The molecule has 8 nitrogen and oxygen atoms in total. The Bertz CT molecular complexity index is 1110. The minimum absolute atomic E-state index is 0.102. The maximum atomic E-state index is 13.5. The number of carbonyl (C=O) groups is 2. The van der Waals surface area contributed by atoms with Crippen molar-refractivity contribution in [3.05, 3.63) is 59.2 Å². The van der Waals surface area contributed by atoms with Gasteiger partial charge in [-0.1, -0.05) is 24.3 Å². The van der Waals surface area contributed by atoms with E-state index >= 15 is 0 Å². The Morgan fingerprint density at radius 1 is 1.03 bits per heavy atom. The highest BCUT2D eigenvalue weighted by molar-refractivity contribution is 7.92. The normalized spacial score (nSPS) is 12.2. The fourth-order valence-electron chi connectivity index (χ4n) is 3.50. The summed E-state index contributed by atoms with van der Waals surface area (Å²) in [5.41, 5.74) is 2.84. The lowest BCUT2D eigenvalue weighted by Gasteiger charge is -2.32. The van der Waals surface area contributed by atoms with Gasteiger partial charge in [-0.3, -0.25) is 13.9 Å². The van der Waals surface area contributed by atoms with E-state index in [1.165, 1.54) is 4.90 Å². The van der Waals surface area contributed by atoms with E-state index < -0.39 is 28.5 Å². The summed E-state index contributed by atoms with van der Waals surface area (Å²) >= 11 is 0. The van der Waals surface area contributed by atoms with Gasteiger partial charge in [0, 0.05) is 12.6 Å². The zero-order chi connectivity index (χ0) is 25.6. The van der Waals surface area contributed by atoms with E-state index in [1.54, 1.807) is 39.2 Å². The summed E-state index contributed by atoms with van der Waals surface area (Å²) in [4.78, 5) is 27.7. The molecule has 1 N–H and O–H groups in total. The molecule has 0 bridgehead atoms. The Hall–Kier alpha value is -3.07. The average molecular weight is 490 g/mol. The molecule has 186 valence electrons. The first-order valence-corrected chi connectivity index (χ1v) is 13.0. The molecule has 0 saturated carbocycles. The molecule has 0 saturated heterocycles. The van der Waals surface area contributed by atoms with E-state index in [2.05, 4.69) is 5.32 Å². The van der Waals surface area contributed by atoms with Crippen LogP contribution in [0.15, 0.2) is 42.5 Å². The molecule has 2 aromatic carbocycles. The molecule has 2 aromatic rings. The molecule has 2 amide bonds. The number of methoxy groups -OCH3 is 1. The molecule has 0 aliphatic rings. The summed E-state index contributed by atoms with van der Waals surface area (Å²) in [5.74, 6) is -0.117. The Balaban J connectivity index is 2.42. The summed E-state index contributed by atoms with van der Waals surface area (Å²) in [6, 6.07) is 11.7. The highest BCUT2D eigenvalue weighted by Crippen LogP contribution is 2.24. The quantitative estimate of drug-likeness (QED) is 0.554. The van der Waals surface area contributed by atoms with Crippen molar-refractivity contribution >= 4 is 27.5 Å². The van der Waals surface area contributed by atoms with Crippen molar-refractivity contribution in [3.8, 4) is 5.75 Å². The summed E-state index contributed by atoms with van der Waals surface area (Å²) in [7, 11) is -2.20. The summed E-state index contributed by atoms with van der Waals surface area (Å²) < 4.78 is 31.7. The first-order chi connectivity index (χ1) is 15.8. The van der Waals surface area contributed by atoms with E-state index in [0.29, 0.717) is 11.4 Å². The number of hydrogen-bond acceptors (Lipinski definition) is 5. The van der Waals surface area contributed by atoms with Crippen LogP contribution in [0.1, 0.15) is 37.5 Å². The predicted molar refractivity (Wildman–Crippen MR) is 134 cm³/mol. The average Bonchev–Trinajstić information content (AvgIpc) is 2.76. The second-order valence-electron chi connectivity index (χ2n) is 8.77. The third kappa shape index (κ3) is 7.21. The third-order valence-corrected chi connectivity index (χ3v) is 6.55. The van der Waals surface area contributed by atoms with Gasteiger partial charge in [-0.2, -0.15) is 0 Å². The van der Waals surface area contributed by atoms with Crippen LogP contribution in [-0.4, -0.2) is 57.1 Å². The van der Waals surface area contributed by atoms with Gasteiger partial charge in [0.25, 0.3) is 0 Å². The van der Waals surface area contributed by atoms with Crippen molar-refractivity contribution in [1.29, 1.82) is 0 Å². The summed E-state index contributed by atoms with van der Waals surface area (Å²) in [6.07, 6.45) is 1.07. The zero-order valence-electron chi connectivity index (χ0n) is 21.0. The number of amides is 2. The zero-order valence-corrected chi connectivity index (χ0v) is 21.8. The Kier molecular flexibility index (Phi) is 9.09. The third-order valence-electron chi connectivity index (χ3n) is 5.42. The van der Waals surface area contributed by atoms with Crippen LogP contribution in [0.5, 0.6) is 5.75 Å². The SMILES string of the molecule is COc1ccc(CN(C(=O)CN(c2cc(C)ccc2C)S(C)(=O)=O)[C@H](C)C(=O)NC(C)C)cc1. The lowest BCUT2D eigenvalue weighted by molar-refractivity contribution is -0.139. The molecule has 0 fully saturated rings. The largest absolute Gasteiger partial charge is 0.497 e. The minimum atomic E-state index is -3.76. The van der Waals surface area contributed by atoms with Crippen molar-refractivity contribution in [2.45, 2.75) is 53.2 Å². The number of carbonyl (C=O) groups excluding carboxylic acids is 2. The van der Waals surface area contributed by atoms with Gasteiger partial charge in [-0.05, 0) is 69.5 Å². The van der Waals surface area contributed by atoms with Crippen LogP contribution in [0.2, 0.25) is 0 Å². The molecule has 0 aliphatic heterocycles. The van der Waals surface area contributed by atoms with E-state index in [9.17, 15) is 18.0 Å². The van der Waals surface area contributed by atoms with Gasteiger partial charge in [-0.15, -0.1) is 0 Å². The van der Waals surface area contributed by atoms with Gasteiger partial charge < -0.3 is 15.0 Å². The smallest absolute Gasteiger partial charge is 0.244 e. The van der Waals surface area contributed by atoms with E-state index in [0.717, 1.165) is 27.3 Å². The molecule has 1 atom stereocenters. The van der Waals surface area contributed by atoms with Crippen LogP contribution in [0.4, 0.5) is 5.69 Å². The second kappa shape index (κ2) is 11.4. The van der Waals surface area contributed by atoms with Gasteiger partial charge in [0.2, 0.25) is 21.8 Å². The molecule has 0 aromatic heterocycles. The Morgan fingerprint density at radius 3 is 2.18 bits per heavy atom. The molecule has 34 heavy (non-hydrogen) atoms. The number of ether oxygens (including phenoxy) is 1. The molecular formula is C25H35N3O5S. The maximum absolute atomic E-state index is 13.5. The van der Waals surface area contributed by atoms with Gasteiger partial charge in [0.05, 0.1) is 19.1 Å². The second-order valence-corrected chi connectivity index (χ2v) is 10.7. The molecule has 0 unspecified atom stereocenters. The monoisotopic (exact) mass is 489 g/mol. The maximum Gasteiger partial charge on any atom is 0.244 e. The minimum Gasteiger partial charge on any atom is -0.497 e. The lowest BCUT2D eigenvalue weighted by atomic mass is 10.1. The van der Waals surface area contributed by atoms with Crippen LogP contribution in [-0.2, 0) is 26.2 Å². The summed E-state index contributed by atoms with van der Waals surface area (Å²) in [6.45, 7) is 8.70. The van der Waals surface area contributed by atoms with Crippen molar-refractivity contribution in [3.63, 3.8) is 0 Å². The topological polar surface area (TPSA) is 96.0 Å². The number of sulfonamides is 1. The van der Waals surface area contributed by atoms with Crippen LogP contribution in [0.3, 0.4) is 0 Å². The molecule has 0 heterocycles. The van der Waals surface area contributed by atoms with Crippen LogP contribution >= 0.6 is 0 Å². The highest BCUT2D eigenvalue weighted by Gasteiger charge is 2.30. The Morgan fingerprint density at radius 2 is 1.65 bits per heavy atom. The van der Waals surface area contributed by atoms with Crippen LogP contribution < -0.4 is 14.4 Å².